The summed E-state index contributed by atoms with van der Waals surface area (Å²) in [5, 5.41) is 4.23. The quantitative estimate of drug-likeness (QED) is 0.898. The Morgan fingerprint density at radius 3 is 3.00 bits per heavy atom. The molecule has 1 saturated heterocycles. The molecular formula is C17H23FN2S. The zero-order valence-electron chi connectivity index (χ0n) is 12.8. The molecule has 21 heavy (non-hydrogen) atoms. The van der Waals surface area contributed by atoms with Crippen molar-refractivity contribution in [2.24, 2.45) is 5.92 Å². The first-order chi connectivity index (χ1) is 10.2. The van der Waals surface area contributed by atoms with Crippen molar-refractivity contribution in [2.45, 2.75) is 33.4 Å². The largest absolute Gasteiger partial charge is 0.312 e. The fourth-order valence-electron chi connectivity index (χ4n) is 3.16. The van der Waals surface area contributed by atoms with E-state index in [1.807, 2.05) is 12.1 Å². The molecule has 1 aromatic heterocycles. The topological polar surface area (TPSA) is 15.3 Å². The Morgan fingerprint density at radius 1 is 1.43 bits per heavy atom. The van der Waals surface area contributed by atoms with Gasteiger partial charge in [0.2, 0.25) is 0 Å². The molecule has 114 valence electrons. The van der Waals surface area contributed by atoms with Crippen LogP contribution in [0.5, 0.6) is 0 Å². The number of nitrogens with zero attached hydrogens (tertiary/aromatic N) is 1. The van der Waals surface area contributed by atoms with Crippen LogP contribution in [0.15, 0.2) is 18.2 Å². The third-order valence-electron chi connectivity index (χ3n) is 4.27. The Morgan fingerprint density at radius 2 is 2.29 bits per heavy atom. The molecule has 1 N–H and O–H groups in total. The van der Waals surface area contributed by atoms with E-state index >= 15 is 0 Å². The molecular weight excluding hydrogens is 283 g/mol. The molecule has 1 unspecified atom stereocenters. The fraction of sp³-hybridized carbons (Fsp3) is 0.529. The maximum Gasteiger partial charge on any atom is 0.132 e. The van der Waals surface area contributed by atoms with E-state index in [2.05, 4.69) is 24.1 Å². The van der Waals surface area contributed by atoms with Crippen molar-refractivity contribution in [2.75, 3.05) is 19.6 Å². The summed E-state index contributed by atoms with van der Waals surface area (Å²) < 4.78 is 15.4. The Hall–Kier alpha value is -0.970. The molecule has 0 radical (unpaired) electrons. The molecule has 0 saturated carbocycles. The van der Waals surface area contributed by atoms with E-state index in [1.54, 1.807) is 17.4 Å². The second-order valence-corrected chi connectivity index (χ2v) is 7.16. The number of rotatable bonds is 5. The minimum absolute atomic E-state index is 0.0752. The summed E-state index contributed by atoms with van der Waals surface area (Å²) in [4.78, 5) is 3.75. The van der Waals surface area contributed by atoms with E-state index in [0.29, 0.717) is 0 Å². The van der Waals surface area contributed by atoms with Crippen LogP contribution in [0.25, 0.3) is 10.1 Å². The summed E-state index contributed by atoms with van der Waals surface area (Å²) in [6.45, 7) is 9.33. The van der Waals surface area contributed by atoms with Gasteiger partial charge in [-0.2, -0.15) is 0 Å². The summed E-state index contributed by atoms with van der Waals surface area (Å²) in [6.07, 6.45) is 1.26. The van der Waals surface area contributed by atoms with Gasteiger partial charge in [-0.1, -0.05) is 19.9 Å². The summed E-state index contributed by atoms with van der Waals surface area (Å²) in [5.41, 5.74) is 1.20. The van der Waals surface area contributed by atoms with Crippen LogP contribution in [0.2, 0.25) is 0 Å². The number of likely N-dealkylation sites (tertiary alicyclic amines) is 1. The predicted molar refractivity (Wildman–Crippen MR) is 88.2 cm³/mol. The van der Waals surface area contributed by atoms with Gasteiger partial charge in [-0.15, -0.1) is 11.3 Å². The van der Waals surface area contributed by atoms with Gasteiger partial charge >= 0.3 is 0 Å². The molecule has 0 aliphatic carbocycles. The highest BCUT2D eigenvalue weighted by molar-refractivity contribution is 7.19. The molecule has 1 aliphatic heterocycles. The third-order valence-corrected chi connectivity index (χ3v) is 5.47. The average Bonchev–Trinajstić information content (AvgIpc) is 3.02. The van der Waals surface area contributed by atoms with E-state index < -0.39 is 0 Å². The number of halogens is 1. The van der Waals surface area contributed by atoms with Gasteiger partial charge in [0, 0.05) is 34.6 Å². The molecule has 2 heterocycles. The first-order valence-corrected chi connectivity index (χ1v) is 8.62. The highest BCUT2D eigenvalue weighted by atomic mass is 32.1. The molecule has 1 fully saturated rings. The molecule has 2 nitrogen and oxygen atoms in total. The monoisotopic (exact) mass is 306 g/mol. The van der Waals surface area contributed by atoms with Crippen molar-refractivity contribution in [3.05, 3.63) is 34.5 Å². The van der Waals surface area contributed by atoms with Crippen molar-refractivity contribution < 1.29 is 4.39 Å². The highest BCUT2D eigenvalue weighted by Gasteiger charge is 2.22. The number of thiophene rings is 1. The first kappa shape index (κ1) is 14.9. The highest BCUT2D eigenvalue weighted by Crippen LogP contribution is 2.35. The van der Waals surface area contributed by atoms with E-state index in [0.717, 1.165) is 48.7 Å². The van der Waals surface area contributed by atoms with Crippen molar-refractivity contribution in [1.29, 1.82) is 0 Å². The molecule has 0 spiro atoms. The fourth-order valence-corrected chi connectivity index (χ4v) is 4.36. The first-order valence-electron chi connectivity index (χ1n) is 7.81. The lowest BCUT2D eigenvalue weighted by atomic mass is 10.1. The van der Waals surface area contributed by atoms with Gasteiger partial charge in [-0.05, 0) is 43.1 Å². The van der Waals surface area contributed by atoms with Gasteiger partial charge in [0.1, 0.15) is 5.82 Å². The molecule has 0 amide bonds. The zero-order valence-corrected chi connectivity index (χ0v) is 13.6. The van der Waals surface area contributed by atoms with Crippen LogP contribution in [0.1, 0.15) is 30.7 Å². The van der Waals surface area contributed by atoms with Crippen LogP contribution in [-0.2, 0) is 13.1 Å². The predicted octanol–water partition coefficient (Wildman–Crippen LogP) is 3.99. The Labute approximate surface area is 130 Å². The number of nitrogens with one attached hydrogen (secondary N) is 1. The van der Waals surface area contributed by atoms with Crippen LogP contribution >= 0.6 is 11.3 Å². The van der Waals surface area contributed by atoms with E-state index in [4.69, 9.17) is 0 Å². The molecule has 3 rings (SSSR count). The maximum absolute atomic E-state index is 14.3. The van der Waals surface area contributed by atoms with Crippen LogP contribution < -0.4 is 5.32 Å². The number of benzene rings is 1. The normalized spacial score (nSPS) is 19.7. The summed E-state index contributed by atoms with van der Waals surface area (Å²) in [7, 11) is 0. The van der Waals surface area contributed by atoms with Gasteiger partial charge in [0.15, 0.2) is 0 Å². The van der Waals surface area contributed by atoms with Crippen molar-refractivity contribution in [1.82, 2.24) is 10.2 Å². The number of fused-ring (bicyclic) bond motifs is 1. The van der Waals surface area contributed by atoms with Crippen molar-refractivity contribution in [3.8, 4) is 0 Å². The van der Waals surface area contributed by atoms with E-state index in [-0.39, 0.29) is 5.82 Å². The third kappa shape index (κ3) is 3.12. The average molecular weight is 306 g/mol. The number of hydrogen-bond donors (Lipinski definition) is 1. The zero-order chi connectivity index (χ0) is 14.8. The van der Waals surface area contributed by atoms with E-state index in [1.165, 1.54) is 16.9 Å². The van der Waals surface area contributed by atoms with Gasteiger partial charge in [0.05, 0.1) is 0 Å². The SMILES string of the molecule is CCNCc1sc2cccc(F)c2c1CN1CCC(C)C1. The Bertz CT molecular complexity index is 623. The summed E-state index contributed by atoms with van der Waals surface area (Å²) >= 11 is 1.73. The lowest BCUT2D eigenvalue weighted by molar-refractivity contribution is 0.320. The van der Waals surface area contributed by atoms with Crippen LogP contribution in [0.3, 0.4) is 0 Å². The van der Waals surface area contributed by atoms with Crippen LogP contribution in [-0.4, -0.2) is 24.5 Å². The Kier molecular flexibility index (Phi) is 4.57. The van der Waals surface area contributed by atoms with Gasteiger partial charge < -0.3 is 5.32 Å². The van der Waals surface area contributed by atoms with Crippen molar-refractivity contribution in [3.63, 3.8) is 0 Å². The molecule has 1 atom stereocenters. The van der Waals surface area contributed by atoms with Gasteiger partial charge in [-0.3, -0.25) is 4.90 Å². The maximum atomic E-state index is 14.3. The lowest BCUT2D eigenvalue weighted by Crippen LogP contribution is -2.21. The molecule has 4 heteroatoms. The number of hydrogen-bond acceptors (Lipinski definition) is 3. The molecule has 2 aromatic rings. The van der Waals surface area contributed by atoms with Gasteiger partial charge in [-0.25, -0.2) is 4.39 Å². The van der Waals surface area contributed by atoms with Crippen molar-refractivity contribution >= 4 is 21.4 Å². The second kappa shape index (κ2) is 6.42. The van der Waals surface area contributed by atoms with Crippen LogP contribution in [0.4, 0.5) is 4.39 Å². The second-order valence-electron chi connectivity index (χ2n) is 6.03. The van der Waals surface area contributed by atoms with Crippen LogP contribution in [0, 0.1) is 11.7 Å². The molecule has 1 aromatic carbocycles. The van der Waals surface area contributed by atoms with E-state index in [9.17, 15) is 4.39 Å². The standard InChI is InChI=1S/C17H23FN2S/c1-3-19-9-16-13(11-20-8-7-12(2)10-20)17-14(18)5-4-6-15(17)21-16/h4-6,12,19H,3,7-11H2,1-2H3. The Balaban J connectivity index is 1.96. The smallest absolute Gasteiger partial charge is 0.132 e. The minimum Gasteiger partial charge on any atom is -0.312 e. The summed E-state index contributed by atoms with van der Waals surface area (Å²) in [6, 6.07) is 5.43. The molecule has 1 aliphatic rings. The van der Waals surface area contributed by atoms with Gasteiger partial charge in [0.25, 0.3) is 0 Å². The summed E-state index contributed by atoms with van der Waals surface area (Å²) in [5.74, 6) is 0.686. The molecule has 0 bridgehead atoms. The minimum atomic E-state index is -0.0752. The lowest BCUT2D eigenvalue weighted by Gasteiger charge is -2.16.